The summed E-state index contributed by atoms with van der Waals surface area (Å²) in [7, 11) is 4.07. The lowest BCUT2D eigenvalue weighted by Gasteiger charge is -2.22. The van der Waals surface area contributed by atoms with Gasteiger partial charge in [-0.05, 0) is 32.1 Å². The van der Waals surface area contributed by atoms with Gasteiger partial charge in [0.1, 0.15) is 0 Å². The van der Waals surface area contributed by atoms with Gasteiger partial charge in [-0.2, -0.15) is 0 Å². The molecule has 114 valence electrons. The van der Waals surface area contributed by atoms with E-state index in [0.717, 1.165) is 13.1 Å². The van der Waals surface area contributed by atoms with Gasteiger partial charge in [-0.15, -0.1) is 0 Å². The number of amidine groups is 1. The first-order chi connectivity index (χ1) is 9.93. The van der Waals surface area contributed by atoms with E-state index in [4.69, 9.17) is 10.9 Å². The van der Waals surface area contributed by atoms with Crippen molar-refractivity contribution in [3.05, 3.63) is 35.4 Å². The third-order valence-electron chi connectivity index (χ3n) is 4.04. The molecule has 6 heteroatoms. The maximum absolute atomic E-state index is 12.6. The molecular formula is C15H22N4O2. The Labute approximate surface area is 124 Å². The second-order valence-corrected chi connectivity index (χ2v) is 5.78. The van der Waals surface area contributed by atoms with Crippen molar-refractivity contribution in [2.75, 3.05) is 27.2 Å². The highest BCUT2D eigenvalue weighted by Crippen LogP contribution is 2.22. The van der Waals surface area contributed by atoms with Gasteiger partial charge in [-0.25, -0.2) is 0 Å². The highest BCUT2D eigenvalue weighted by molar-refractivity contribution is 6.01. The Bertz CT molecular complexity index is 556. The molecule has 0 radical (unpaired) electrons. The molecule has 1 heterocycles. The Balaban J connectivity index is 2.18. The molecule has 0 aliphatic carbocycles. The Hall–Kier alpha value is -2.08. The third kappa shape index (κ3) is 3.16. The minimum atomic E-state index is -0.0150. The monoisotopic (exact) mass is 290 g/mol. The fourth-order valence-corrected chi connectivity index (χ4v) is 2.84. The first kappa shape index (κ1) is 15.3. The number of nitrogens with zero attached hydrogens (tertiary/aromatic N) is 3. The lowest BCUT2D eigenvalue weighted by Crippen LogP contribution is -2.35. The normalized spacial score (nSPS) is 22.9. The zero-order chi connectivity index (χ0) is 15.6. The summed E-state index contributed by atoms with van der Waals surface area (Å²) in [6, 6.07) is 7.24. The third-order valence-corrected chi connectivity index (χ3v) is 4.04. The molecule has 21 heavy (non-hydrogen) atoms. The van der Waals surface area contributed by atoms with Crippen LogP contribution >= 0.6 is 0 Å². The van der Waals surface area contributed by atoms with Gasteiger partial charge < -0.3 is 20.7 Å². The summed E-state index contributed by atoms with van der Waals surface area (Å²) >= 11 is 0. The molecule has 1 aliphatic heterocycles. The molecule has 0 bridgehead atoms. The van der Waals surface area contributed by atoms with Crippen LogP contribution in [0.15, 0.2) is 29.4 Å². The molecule has 1 amide bonds. The van der Waals surface area contributed by atoms with Crippen molar-refractivity contribution in [1.29, 1.82) is 0 Å². The van der Waals surface area contributed by atoms with Crippen LogP contribution in [0.4, 0.5) is 0 Å². The highest BCUT2D eigenvalue weighted by Gasteiger charge is 2.33. The van der Waals surface area contributed by atoms with Crippen molar-refractivity contribution in [1.82, 2.24) is 9.80 Å². The Morgan fingerprint density at radius 2 is 2.05 bits per heavy atom. The fraction of sp³-hybridized carbons (Fsp3) is 0.467. The first-order valence-electron chi connectivity index (χ1n) is 6.97. The summed E-state index contributed by atoms with van der Waals surface area (Å²) in [5.74, 6) is 0.431. The van der Waals surface area contributed by atoms with E-state index in [9.17, 15) is 4.79 Å². The molecule has 0 aromatic heterocycles. The number of rotatable bonds is 3. The average Bonchev–Trinajstić information content (AvgIpc) is 2.88. The van der Waals surface area contributed by atoms with Crippen molar-refractivity contribution < 1.29 is 10.0 Å². The van der Waals surface area contributed by atoms with E-state index in [2.05, 4.69) is 17.0 Å². The molecule has 6 nitrogen and oxygen atoms in total. The maximum Gasteiger partial charge on any atom is 0.253 e. The van der Waals surface area contributed by atoms with Crippen molar-refractivity contribution in [3.8, 4) is 0 Å². The molecule has 2 atom stereocenters. The van der Waals surface area contributed by atoms with Crippen LogP contribution in [-0.4, -0.2) is 60.0 Å². The minimum Gasteiger partial charge on any atom is -0.409 e. The number of likely N-dealkylation sites (N-methyl/N-ethyl adjacent to an activating group) is 1. The van der Waals surface area contributed by atoms with Crippen LogP contribution in [0.1, 0.15) is 22.8 Å². The smallest absolute Gasteiger partial charge is 0.253 e. The van der Waals surface area contributed by atoms with E-state index >= 15 is 0 Å². The topological polar surface area (TPSA) is 82.2 Å². The number of amides is 1. The lowest BCUT2D eigenvalue weighted by molar-refractivity contribution is 0.0781. The van der Waals surface area contributed by atoms with Gasteiger partial charge in [0.25, 0.3) is 5.91 Å². The van der Waals surface area contributed by atoms with E-state index in [1.165, 1.54) is 0 Å². The maximum atomic E-state index is 12.6. The van der Waals surface area contributed by atoms with Crippen molar-refractivity contribution >= 4 is 11.7 Å². The molecule has 1 aromatic rings. The second-order valence-electron chi connectivity index (χ2n) is 5.78. The highest BCUT2D eigenvalue weighted by atomic mass is 16.4. The zero-order valence-corrected chi connectivity index (χ0v) is 12.7. The summed E-state index contributed by atoms with van der Waals surface area (Å²) in [5, 5.41) is 11.7. The van der Waals surface area contributed by atoms with Gasteiger partial charge in [0.05, 0.1) is 0 Å². The SMILES string of the molecule is CC1CN(C(=O)c2cccc(/C(N)=N/O)c2)CC1N(C)C. The van der Waals surface area contributed by atoms with Crippen molar-refractivity contribution in [2.24, 2.45) is 16.8 Å². The number of nitrogens with two attached hydrogens (primary N) is 1. The second kappa shape index (κ2) is 6.13. The molecule has 2 unspecified atom stereocenters. The largest absolute Gasteiger partial charge is 0.409 e. The Morgan fingerprint density at radius 1 is 1.38 bits per heavy atom. The molecule has 1 aromatic carbocycles. The summed E-state index contributed by atoms with van der Waals surface area (Å²) < 4.78 is 0. The molecular weight excluding hydrogens is 268 g/mol. The number of hydrogen-bond acceptors (Lipinski definition) is 4. The van der Waals surface area contributed by atoms with Crippen LogP contribution in [0.5, 0.6) is 0 Å². The lowest BCUT2D eigenvalue weighted by atomic mass is 10.1. The summed E-state index contributed by atoms with van der Waals surface area (Å²) in [5.41, 5.74) is 6.67. The van der Waals surface area contributed by atoms with Gasteiger partial charge in [-0.3, -0.25) is 4.79 Å². The van der Waals surface area contributed by atoms with Gasteiger partial charge >= 0.3 is 0 Å². The van der Waals surface area contributed by atoms with Crippen LogP contribution in [0.2, 0.25) is 0 Å². The van der Waals surface area contributed by atoms with Crippen LogP contribution in [0.3, 0.4) is 0 Å². The quantitative estimate of drug-likeness (QED) is 0.373. The summed E-state index contributed by atoms with van der Waals surface area (Å²) in [4.78, 5) is 16.6. The van der Waals surface area contributed by atoms with E-state index in [1.54, 1.807) is 24.3 Å². The predicted molar refractivity (Wildman–Crippen MR) is 81.5 cm³/mol. The molecule has 1 aliphatic rings. The molecule has 1 saturated heterocycles. The number of benzene rings is 1. The summed E-state index contributed by atoms with van der Waals surface area (Å²) in [6.07, 6.45) is 0. The van der Waals surface area contributed by atoms with E-state index in [1.807, 2.05) is 19.0 Å². The van der Waals surface area contributed by atoms with E-state index in [-0.39, 0.29) is 11.7 Å². The van der Waals surface area contributed by atoms with Crippen LogP contribution in [0.25, 0.3) is 0 Å². The van der Waals surface area contributed by atoms with Crippen LogP contribution in [-0.2, 0) is 0 Å². The van der Waals surface area contributed by atoms with Crippen LogP contribution in [0, 0.1) is 5.92 Å². The van der Waals surface area contributed by atoms with Crippen LogP contribution < -0.4 is 5.73 Å². The van der Waals surface area contributed by atoms with Gasteiger partial charge in [0.2, 0.25) is 0 Å². The minimum absolute atomic E-state index is 0.00519. The number of carbonyl (C=O) groups is 1. The molecule has 0 spiro atoms. The van der Waals surface area contributed by atoms with Crippen molar-refractivity contribution in [2.45, 2.75) is 13.0 Å². The number of hydrogen-bond donors (Lipinski definition) is 2. The van der Waals surface area contributed by atoms with Gasteiger partial charge in [0.15, 0.2) is 5.84 Å². The molecule has 2 rings (SSSR count). The van der Waals surface area contributed by atoms with E-state index < -0.39 is 0 Å². The number of oxime groups is 1. The predicted octanol–water partition coefficient (Wildman–Crippen LogP) is 0.803. The van der Waals surface area contributed by atoms with E-state index in [0.29, 0.717) is 23.1 Å². The number of carbonyl (C=O) groups excluding carboxylic acids is 1. The van der Waals surface area contributed by atoms with Crippen molar-refractivity contribution in [3.63, 3.8) is 0 Å². The zero-order valence-electron chi connectivity index (χ0n) is 12.7. The molecule has 1 fully saturated rings. The number of likely N-dealkylation sites (tertiary alicyclic amines) is 1. The molecule has 0 saturated carbocycles. The molecule has 3 N–H and O–H groups in total. The Morgan fingerprint density at radius 3 is 2.62 bits per heavy atom. The van der Waals surface area contributed by atoms with Gasteiger partial charge in [0, 0.05) is 30.3 Å². The van der Waals surface area contributed by atoms with Gasteiger partial charge in [-0.1, -0.05) is 24.2 Å². The average molecular weight is 290 g/mol. The Kier molecular flexibility index (Phi) is 4.47. The first-order valence-corrected chi connectivity index (χ1v) is 6.97. The standard InChI is InChI=1S/C15H22N4O2/c1-10-8-19(9-13(10)18(2)3)15(20)12-6-4-5-11(7-12)14(16)17-21/h4-7,10,13,21H,8-9H2,1-3H3,(H2,16,17). The summed E-state index contributed by atoms with van der Waals surface area (Å²) in [6.45, 7) is 3.63. The fourth-order valence-electron chi connectivity index (χ4n) is 2.84.